The van der Waals surface area contributed by atoms with Crippen LogP contribution in [-0.2, 0) is 17.4 Å². The van der Waals surface area contributed by atoms with Crippen LogP contribution in [0, 0.1) is 0 Å². The Morgan fingerprint density at radius 3 is 2.50 bits per heavy atom. The molecule has 4 nitrogen and oxygen atoms in total. The number of hydrogen-bond acceptors (Lipinski definition) is 3. The summed E-state index contributed by atoms with van der Waals surface area (Å²) in [6, 6.07) is 0.673. The molecule has 0 fully saturated rings. The van der Waals surface area contributed by atoms with E-state index in [1.807, 2.05) is 0 Å². The molecule has 2 N–H and O–H groups in total. The first-order chi connectivity index (χ1) is 8.04. The minimum Gasteiger partial charge on any atom is -0.479 e. The number of nitrogens with zero attached hydrogens (tertiary/aromatic N) is 1. The number of halogens is 4. The summed E-state index contributed by atoms with van der Waals surface area (Å²) in [6.07, 6.45) is -4.64. The Bertz CT molecular complexity index is 474. The molecule has 0 bridgehead atoms. The Labute approximate surface area is 105 Å². The molecule has 0 amide bonds. The molecule has 1 atom stereocenters. The molecule has 1 aromatic rings. The van der Waals surface area contributed by atoms with E-state index in [0.29, 0.717) is 12.3 Å². The molecule has 1 heterocycles. The van der Waals surface area contributed by atoms with Crippen molar-refractivity contribution in [3.63, 3.8) is 0 Å². The van der Waals surface area contributed by atoms with Gasteiger partial charge in [-0.15, -0.1) is 0 Å². The third-order valence-electron chi connectivity index (χ3n) is 2.23. The van der Waals surface area contributed by atoms with E-state index in [1.54, 1.807) is 0 Å². The summed E-state index contributed by atoms with van der Waals surface area (Å²) in [5.41, 5.74) is -3.45. The monoisotopic (exact) mass is 283 g/mol. The second-order valence-corrected chi connectivity index (χ2v) is 4.29. The lowest BCUT2D eigenvalue weighted by molar-refractivity contribution is -0.156. The number of hydrogen-bond donors (Lipinski definition) is 2. The highest BCUT2D eigenvalue weighted by Gasteiger charge is 2.34. The zero-order chi connectivity index (χ0) is 14.1. The summed E-state index contributed by atoms with van der Waals surface area (Å²) in [4.78, 5) is 14.0. The van der Waals surface area contributed by atoms with Gasteiger partial charge < -0.3 is 10.2 Å². The van der Waals surface area contributed by atoms with Crippen LogP contribution in [0.15, 0.2) is 12.3 Å². The number of aliphatic hydroxyl groups is 1. The zero-order valence-electron chi connectivity index (χ0n) is 9.12. The van der Waals surface area contributed by atoms with Crippen LogP contribution in [0.4, 0.5) is 13.2 Å². The maximum atomic E-state index is 12.4. The maximum Gasteiger partial charge on any atom is 0.417 e. The zero-order valence-corrected chi connectivity index (χ0v) is 9.88. The van der Waals surface area contributed by atoms with Crippen molar-refractivity contribution in [3.05, 3.63) is 28.5 Å². The third kappa shape index (κ3) is 3.33. The molecule has 0 aromatic carbocycles. The van der Waals surface area contributed by atoms with E-state index < -0.39 is 29.7 Å². The molecule has 1 rings (SSSR count). The molecule has 1 unspecified atom stereocenters. The van der Waals surface area contributed by atoms with E-state index >= 15 is 0 Å². The van der Waals surface area contributed by atoms with Crippen molar-refractivity contribution < 1.29 is 28.2 Å². The Morgan fingerprint density at radius 2 is 2.06 bits per heavy atom. The fraction of sp³-hybridized carbons (Fsp3) is 0.400. The standard InChI is InChI=1S/C10H9ClF3NO3/c1-9(18,8(16)17)3-5-2-6(10(12,13)14)4-15-7(5)11/h2,4,18H,3H2,1H3,(H,16,17). The van der Waals surface area contributed by atoms with Crippen molar-refractivity contribution in [2.24, 2.45) is 0 Å². The molecule has 0 spiro atoms. The Morgan fingerprint density at radius 1 is 1.50 bits per heavy atom. The number of aliphatic carboxylic acids is 1. The molecular weight excluding hydrogens is 275 g/mol. The number of carboxylic acid groups (broad SMARTS) is 1. The lowest BCUT2D eigenvalue weighted by Crippen LogP contribution is -2.37. The van der Waals surface area contributed by atoms with Crippen molar-refractivity contribution in [1.29, 1.82) is 0 Å². The van der Waals surface area contributed by atoms with Crippen LogP contribution in [-0.4, -0.2) is 26.8 Å². The van der Waals surface area contributed by atoms with Crippen molar-refractivity contribution in [2.45, 2.75) is 25.1 Å². The van der Waals surface area contributed by atoms with Crippen molar-refractivity contribution in [3.8, 4) is 0 Å². The fourth-order valence-corrected chi connectivity index (χ4v) is 1.39. The molecule has 100 valence electrons. The molecule has 18 heavy (non-hydrogen) atoms. The fourth-order valence-electron chi connectivity index (χ4n) is 1.22. The maximum absolute atomic E-state index is 12.4. The van der Waals surface area contributed by atoms with Gasteiger partial charge in [0.2, 0.25) is 0 Å². The number of alkyl halides is 3. The second-order valence-electron chi connectivity index (χ2n) is 3.93. The lowest BCUT2D eigenvalue weighted by Gasteiger charge is -2.19. The van der Waals surface area contributed by atoms with Crippen molar-refractivity contribution in [1.82, 2.24) is 4.98 Å². The van der Waals surface area contributed by atoms with Gasteiger partial charge >= 0.3 is 12.1 Å². The highest BCUT2D eigenvalue weighted by atomic mass is 35.5. The third-order valence-corrected chi connectivity index (χ3v) is 2.57. The van der Waals surface area contributed by atoms with Gasteiger partial charge in [0, 0.05) is 12.6 Å². The van der Waals surface area contributed by atoms with Crippen LogP contribution in [0.25, 0.3) is 0 Å². The van der Waals surface area contributed by atoms with Crippen LogP contribution >= 0.6 is 11.6 Å². The first-order valence-corrected chi connectivity index (χ1v) is 5.09. The van der Waals surface area contributed by atoms with Gasteiger partial charge in [0.15, 0.2) is 5.60 Å². The molecule has 0 aliphatic heterocycles. The van der Waals surface area contributed by atoms with Gasteiger partial charge in [0.25, 0.3) is 0 Å². The Hall–Kier alpha value is -1.34. The molecule has 0 radical (unpaired) electrons. The van der Waals surface area contributed by atoms with E-state index in [0.717, 1.165) is 6.92 Å². The van der Waals surface area contributed by atoms with E-state index in [-0.39, 0.29) is 10.7 Å². The molecule has 0 saturated heterocycles. The number of carbonyl (C=O) groups is 1. The summed E-state index contributed by atoms with van der Waals surface area (Å²) >= 11 is 5.57. The molecule has 8 heteroatoms. The first-order valence-electron chi connectivity index (χ1n) is 4.71. The van der Waals surface area contributed by atoms with Crippen LogP contribution in [0.5, 0.6) is 0 Å². The summed E-state index contributed by atoms with van der Waals surface area (Å²) in [6.45, 7) is 0.964. The summed E-state index contributed by atoms with van der Waals surface area (Å²) in [7, 11) is 0. The molecule has 1 aromatic heterocycles. The van der Waals surface area contributed by atoms with E-state index in [1.165, 1.54) is 0 Å². The van der Waals surface area contributed by atoms with E-state index in [9.17, 15) is 23.1 Å². The van der Waals surface area contributed by atoms with Crippen LogP contribution in [0.1, 0.15) is 18.1 Å². The van der Waals surface area contributed by atoms with Gasteiger partial charge in [0.05, 0.1) is 5.56 Å². The number of pyridine rings is 1. The minimum atomic E-state index is -4.61. The van der Waals surface area contributed by atoms with Crippen molar-refractivity contribution in [2.75, 3.05) is 0 Å². The van der Waals surface area contributed by atoms with Gasteiger partial charge in [-0.2, -0.15) is 13.2 Å². The quantitative estimate of drug-likeness (QED) is 0.834. The van der Waals surface area contributed by atoms with Gasteiger partial charge in [0.1, 0.15) is 5.15 Å². The Balaban J connectivity index is 3.14. The summed E-state index contributed by atoms with van der Waals surface area (Å²) in [5, 5.41) is 17.9. The molecular formula is C10H9ClF3NO3. The van der Waals surface area contributed by atoms with Gasteiger partial charge in [-0.05, 0) is 18.6 Å². The molecule has 0 saturated carbocycles. The predicted octanol–water partition coefficient (Wildman–Crippen LogP) is 2.13. The van der Waals surface area contributed by atoms with Gasteiger partial charge in [-0.3, -0.25) is 0 Å². The number of rotatable bonds is 3. The van der Waals surface area contributed by atoms with Gasteiger partial charge in [-0.25, -0.2) is 9.78 Å². The molecule has 0 aliphatic rings. The highest BCUT2D eigenvalue weighted by Crippen LogP contribution is 2.31. The van der Waals surface area contributed by atoms with Gasteiger partial charge in [-0.1, -0.05) is 11.6 Å². The topological polar surface area (TPSA) is 70.4 Å². The largest absolute Gasteiger partial charge is 0.479 e. The lowest BCUT2D eigenvalue weighted by atomic mass is 9.97. The van der Waals surface area contributed by atoms with Crippen LogP contribution in [0.3, 0.4) is 0 Å². The smallest absolute Gasteiger partial charge is 0.417 e. The average molecular weight is 284 g/mol. The normalized spacial score (nSPS) is 15.2. The summed E-state index contributed by atoms with van der Waals surface area (Å²) in [5.74, 6) is -1.56. The first kappa shape index (κ1) is 14.7. The predicted molar refractivity (Wildman–Crippen MR) is 56.2 cm³/mol. The minimum absolute atomic E-state index is 0.182. The number of aromatic nitrogens is 1. The van der Waals surface area contributed by atoms with E-state index in [2.05, 4.69) is 4.98 Å². The van der Waals surface area contributed by atoms with E-state index in [4.69, 9.17) is 16.7 Å². The second kappa shape index (κ2) is 4.74. The Kier molecular flexibility index (Phi) is 3.87. The van der Waals surface area contributed by atoms with Crippen LogP contribution < -0.4 is 0 Å². The SMILES string of the molecule is CC(O)(Cc1cc(C(F)(F)F)cnc1Cl)C(=O)O. The van der Waals surface area contributed by atoms with Crippen molar-refractivity contribution >= 4 is 17.6 Å². The highest BCUT2D eigenvalue weighted by molar-refractivity contribution is 6.30. The molecule has 0 aliphatic carbocycles. The number of carboxylic acids is 1. The average Bonchev–Trinajstić information content (AvgIpc) is 2.19. The summed E-state index contributed by atoms with van der Waals surface area (Å²) < 4.78 is 37.3. The van der Waals surface area contributed by atoms with Crippen LogP contribution in [0.2, 0.25) is 5.15 Å².